The number of benzene rings is 3. The van der Waals surface area contributed by atoms with Crippen molar-refractivity contribution in [2.45, 2.75) is 75.9 Å². The third-order valence-electron chi connectivity index (χ3n) is 7.52. The first-order valence-electron chi connectivity index (χ1n) is 14.0. The molecule has 1 aliphatic carbocycles. The monoisotopic (exact) mass is 561 g/mol. The molecule has 0 heterocycles. The average molecular weight is 562 g/mol. The molecule has 3 aromatic carbocycles. The summed E-state index contributed by atoms with van der Waals surface area (Å²) in [6.45, 7) is 5.59. The summed E-state index contributed by atoms with van der Waals surface area (Å²) in [6, 6.07) is 24.1. The number of anilines is 1. The van der Waals surface area contributed by atoms with Crippen molar-refractivity contribution < 1.29 is 18.0 Å². The SMILES string of the molecule is CC(C)c1ccc(N(CC(=O)N(Cc2ccccc2)[C@@H](C)C(=O)NC2CCCC2)S(=O)(=O)c2ccccc2)cc1. The Labute approximate surface area is 238 Å². The van der Waals surface area contributed by atoms with Crippen LogP contribution in [0.25, 0.3) is 0 Å². The number of hydrogen-bond acceptors (Lipinski definition) is 4. The van der Waals surface area contributed by atoms with Crippen LogP contribution >= 0.6 is 0 Å². The van der Waals surface area contributed by atoms with E-state index in [-0.39, 0.29) is 29.3 Å². The summed E-state index contributed by atoms with van der Waals surface area (Å²) in [5, 5.41) is 3.09. The molecule has 0 bridgehead atoms. The fourth-order valence-corrected chi connectivity index (χ4v) is 6.46. The fourth-order valence-electron chi connectivity index (χ4n) is 5.03. The van der Waals surface area contributed by atoms with Crippen LogP contribution in [0.15, 0.2) is 89.8 Å². The van der Waals surface area contributed by atoms with Gasteiger partial charge in [-0.3, -0.25) is 13.9 Å². The molecular weight excluding hydrogens is 522 g/mol. The number of sulfonamides is 1. The highest BCUT2D eigenvalue weighted by molar-refractivity contribution is 7.92. The Balaban J connectivity index is 1.67. The van der Waals surface area contributed by atoms with Gasteiger partial charge in [0.1, 0.15) is 12.6 Å². The maximum absolute atomic E-state index is 14.0. The molecule has 40 heavy (non-hydrogen) atoms. The lowest BCUT2D eigenvalue weighted by molar-refractivity contribution is -0.139. The van der Waals surface area contributed by atoms with Crippen LogP contribution in [0.5, 0.6) is 0 Å². The molecule has 1 atom stereocenters. The first kappa shape index (κ1) is 29.3. The van der Waals surface area contributed by atoms with E-state index < -0.39 is 28.5 Å². The average Bonchev–Trinajstić information content (AvgIpc) is 3.48. The van der Waals surface area contributed by atoms with E-state index >= 15 is 0 Å². The number of carbonyl (C=O) groups excluding carboxylic acids is 2. The molecule has 4 rings (SSSR count). The third kappa shape index (κ3) is 7.10. The molecule has 212 valence electrons. The van der Waals surface area contributed by atoms with Crippen LogP contribution in [0.1, 0.15) is 63.5 Å². The Hall–Kier alpha value is -3.65. The molecule has 2 amide bonds. The van der Waals surface area contributed by atoms with Gasteiger partial charge in [0.15, 0.2) is 0 Å². The van der Waals surface area contributed by atoms with Crippen LogP contribution < -0.4 is 9.62 Å². The number of amides is 2. The minimum atomic E-state index is -4.07. The van der Waals surface area contributed by atoms with Crippen LogP contribution in [0.3, 0.4) is 0 Å². The van der Waals surface area contributed by atoms with Gasteiger partial charge in [-0.15, -0.1) is 0 Å². The van der Waals surface area contributed by atoms with Crippen molar-refractivity contribution in [3.63, 3.8) is 0 Å². The van der Waals surface area contributed by atoms with Gasteiger partial charge in [-0.25, -0.2) is 8.42 Å². The number of hydrogen-bond donors (Lipinski definition) is 1. The summed E-state index contributed by atoms with van der Waals surface area (Å²) in [6.07, 6.45) is 4.02. The highest BCUT2D eigenvalue weighted by Gasteiger charge is 2.33. The lowest BCUT2D eigenvalue weighted by atomic mass is 10.0. The molecular formula is C32H39N3O4S. The van der Waals surface area contributed by atoms with Gasteiger partial charge in [0, 0.05) is 12.6 Å². The van der Waals surface area contributed by atoms with E-state index in [0.717, 1.165) is 41.1 Å². The molecule has 1 saturated carbocycles. The maximum Gasteiger partial charge on any atom is 0.264 e. The molecule has 0 aromatic heterocycles. The first-order chi connectivity index (χ1) is 19.2. The number of nitrogens with zero attached hydrogens (tertiary/aromatic N) is 2. The zero-order valence-corrected chi connectivity index (χ0v) is 24.3. The molecule has 3 aromatic rings. The van der Waals surface area contributed by atoms with Crippen LogP contribution in [0.4, 0.5) is 5.69 Å². The van der Waals surface area contributed by atoms with Gasteiger partial charge >= 0.3 is 0 Å². The fraction of sp³-hybridized carbons (Fsp3) is 0.375. The molecule has 0 aliphatic heterocycles. The summed E-state index contributed by atoms with van der Waals surface area (Å²) in [5.41, 5.74) is 2.31. The van der Waals surface area contributed by atoms with E-state index in [9.17, 15) is 18.0 Å². The second-order valence-electron chi connectivity index (χ2n) is 10.7. The predicted molar refractivity (Wildman–Crippen MR) is 158 cm³/mol. The Morgan fingerprint density at radius 2 is 1.43 bits per heavy atom. The summed E-state index contributed by atoms with van der Waals surface area (Å²) in [4.78, 5) is 28.9. The Morgan fingerprint density at radius 1 is 0.850 bits per heavy atom. The van der Waals surface area contributed by atoms with Gasteiger partial charge in [0.2, 0.25) is 11.8 Å². The van der Waals surface area contributed by atoms with Crippen molar-refractivity contribution in [1.82, 2.24) is 10.2 Å². The zero-order chi connectivity index (χ0) is 28.7. The smallest absolute Gasteiger partial charge is 0.264 e. The predicted octanol–water partition coefficient (Wildman–Crippen LogP) is 5.48. The Kier molecular flexibility index (Phi) is 9.63. The van der Waals surface area contributed by atoms with E-state index in [0.29, 0.717) is 5.69 Å². The molecule has 8 heteroatoms. The van der Waals surface area contributed by atoms with E-state index in [1.807, 2.05) is 42.5 Å². The van der Waals surface area contributed by atoms with E-state index in [1.165, 1.54) is 17.0 Å². The summed E-state index contributed by atoms with van der Waals surface area (Å²) < 4.78 is 28.9. The lowest BCUT2D eigenvalue weighted by Gasteiger charge is -2.32. The van der Waals surface area contributed by atoms with Crippen molar-refractivity contribution in [3.8, 4) is 0 Å². The van der Waals surface area contributed by atoms with Gasteiger partial charge in [-0.2, -0.15) is 0 Å². The minimum absolute atomic E-state index is 0.0948. The zero-order valence-electron chi connectivity index (χ0n) is 23.5. The second kappa shape index (κ2) is 13.1. The maximum atomic E-state index is 14.0. The van der Waals surface area contributed by atoms with Gasteiger partial charge in [-0.1, -0.05) is 87.4 Å². The summed E-state index contributed by atoms with van der Waals surface area (Å²) in [5.74, 6) is -0.407. The number of nitrogens with one attached hydrogen (secondary N) is 1. The minimum Gasteiger partial charge on any atom is -0.352 e. The van der Waals surface area contributed by atoms with Crippen molar-refractivity contribution in [3.05, 3.63) is 96.1 Å². The van der Waals surface area contributed by atoms with Crippen molar-refractivity contribution >= 4 is 27.5 Å². The van der Waals surface area contributed by atoms with Crippen molar-refractivity contribution in [2.24, 2.45) is 0 Å². The van der Waals surface area contributed by atoms with Crippen molar-refractivity contribution in [1.29, 1.82) is 0 Å². The van der Waals surface area contributed by atoms with Gasteiger partial charge in [0.05, 0.1) is 10.6 Å². The lowest BCUT2D eigenvalue weighted by Crippen LogP contribution is -2.52. The van der Waals surface area contributed by atoms with E-state index in [2.05, 4.69) is 19.2 Å². The van der Waals surface area contributed by atoms with Crippen LogP contribution in [0.2, 0.25) is 0 Å². The second-order valence-corrected chi connectivity index (χ2v) is 12.6. The van der Waals surface area contributed by atoms with Crippen LogP contribution in [0, 0.1) is 0 Å². The van der Waals surface area contributed by atoms with E-state index in [4.69, 9.17) is 0 Å². The largest absolute Gasteiger partial charge is 0.352 e. The molecule has 1 fully saturated rings. The van der Waals surface area contributed by atoms with Crippen LogP contribution in [-0.4, -0.2) is 43.8 Å². The molecule has 0 spiro atoms. The summed E-state index contributed by atoms with van der Waals surface area (Å²) in [7, 11) is -4.07. The molecule has 1 N–H and O–H groups in total. The molecule has 0 saturated heterocycles. The van der Waals surface area contributed by atoms with Gasteiger partial charge in [0.25, 0.3) is 10.0 Å². The molecule has 0 unspecified atom stereocenters. The van der Waals surface area contributed by atoms with Crippen molar-refractivity contribution in [2.75, 3.05) is 10.8 Å². The third-order valence-corrected chi connectivity index (χ3v) is 9.31. The van der Waals surface area contributed by atoms with Crippen LogP contribution in [-0.2, 0) is 26.2 Å². The molecule has 0 radical (unpaired) electrons. The standard InChI is InChI=1S/C32H39N3O4S/c1-24(2)27-18-20-29(21-19-27)35(40(38,39)30-16-8-5-9-17-30)23-31(36)34(22-26-12-6-4-7-13-26)25(3)32(37)33-28-14-10-11-15-28/h4-9,12-13,16-21,24-25,28H,10-11,14-15,22-23H2,1-3H3,(H,33,37)/t25-/m0/s1. The Morgan fingerprint density at radius 3 is 2.00 bits per heavy atom. The molecule has 7 nitrogen and oxygen atoms in total. The first-order valence-corrected chi connectivity index (χ1v) is 15.4. The number of carbonyl (C=O) groups is 2. The Bertz CT molecular complexity index is 1370. The topological polar surface area (TPSA) is 86.8 Å². The van der Waals surface area contributed by atoms with Gasteiger partial charge < -0.3 is 10.2 Å². The summed E-state index contributed by atoms with van der Waals surface area (Å²) >= 11 is 0. The van der Waals surface area contributed by atoms with E-state index in [1.54, 1.807) is 37.3 Å². The highest BCUT2D eigenvalue weighted by Crippen LogP contribution is 2.27. The normalized spacial score (nSPS) is 14.6. The quantitative estimate of drug-likeness (QED) is 0.336. The highest BCUT2D eigenvalue weighted by atomic mass is 32.2. The number of rotatable bonds is 11. The van der Waals surface area contributed by atoms with Gasteiger partial charge in [-0.05, 0) is 61.1 Å². The molecule has 1 aliphatic rings.